The Balaban J connectivity index is 2.31. The number of hydrogen-bond acceptors (Lipinski definition) is 2. The van der Waals surface area contributed by atoms with E-state index >= 15 is 0 Å². The zero-order valence-electron chi connectivity index (χ0n) is 11.0. The molecule has 1 atom stereocenters. The molecule has 2 aromatic rings. The molecule has 0 bridgehead atoms. The lowest BCUT2D eigenvalue weighted by Gasteiger charge is -2.19. The van der Waals surface area contributed by atoms with Crippen LogP contribution in [-0.2, 0) is 6.42 Å². The van der Waals surface area contributed by atoms with E-state index in [1.165, 1.54) is 0 Å². The molecule has 1 unspecified atom stereocenters. The highest BCUT2D eigenvalue weighted by atomic mass is 79.9. The minimum absolute atomic E-state index is 0.0664. The van der Waals surface area contributed by atoms with Gasteiger partial charge < -0.3 is 0 Å². The van der Waals surface area contributed by atoms with Gasteiger partial charge in [-0.05, 0) is 54.3 Å². The van der Waals surface area contributed by atoms with Gasteiger partial charge >= 0.3 is 0 Å². The molecule has 0 saturated heterocycles. The summed E-state index contributed by atoms with van der Waals surface area (Å²) in [5.74, 6) is 5.69. The summed E-state index contributed by atoms with van der Waals surface area (Å²) < 4.78 is 0.966. The SMILES string of the molecule is Cc1ccc(CC(NN)c2cc(Cl)ccc2Br)c(Cl)c1. The first-order valence-electron chi connectivity index (χ1n) is 6.17. The predicted molar refractivity (Wildman–Crippen MR) is 89.1 cm³/mol. The van der Waals surface area contributed by atoms with Gasteiger partial charge in [0.25, 0.3) is 0 Å². The van der Waals surface area contributed by atoms with Crippen LogP contribution in [0.4, 0.5) is 0 Å². The molecular weight excluding hydrogens is 359 g/mol. The van der Waals surface area contributed by atoms with E-state index in [0.29, 0.717) is 11.4 Å². The third-order valence-corrected chi connectivity index (χ3v) is 4.48. The maximum Gasteiger partial charge on any atom is 0.0512 e. The first-order valence-corrected chi connectivity index (χ1v) is 7.72. The van der Waals surface area contributed by atoms with Crippen molar-refractivity contribution in [2.75, 3.05) is 0 Å². The van der Waals surface area contributed by atoms with Crippen LogP contribution in [0.3, 0.4) is 0 Å². The third kappa shape index (κ3) is 3.74. The molecule has 3 N–H and O–H groups in total. The van der Waals surface area contributed by atoms with Gasteiger partial charge in [-0.1, -0.05) is 51.3 Å². The lowest BCUT2D eigenvalue weighted by molar-refractivity contribution is 0.550. The summed E-state index contributed by atoms with van der Waals surface area (Å²) in [6.07, 6.45) is 0.689. The number of hydrogen-bond donors (Lipinski definition) is 2. The van der Waals surface area contributed by atoms with Crippen LogP contribution in [0.25, 0.3) is 0 Å². The van der Waals surface area contributed by atoms with Crippen molar-refractivity contribution in [2.24, 2.45) is 5.84 Å². The van der Waals surface area contributed by atoms with E-state index in [0.717, 1.165) is 26.2 Å². The van der Waals surface area contributed by atoms with Crippen LogP contribution >= 0.6 is 39.1 Å². The Bertz CT molecular complexity index is 617. The number of nitrogens with one attached hydrogen (secondary N) is 1. The second-order valence-electron chi connectivity index (χ2n) is 4.68. The van der Waals surface area contributed by atoms with Crippen molar-refractivity contribution in [1.82, 2.24) is 5.43 Å². The van der Waals surface area contributed by atoms with Gasteiger partial charge in [-0.3, -0.25) is 11.3 Å². The maximum absolute atomic E-state index is 6.28. The number of hydrazine groups is 1. The molecule has 0 amide bonds. The molecule has 5 heteroatoms. The van der Waals surface area contributed by atoms with E-state index in [1.807, 2.05) is 43.3 Å². The fraction of sp³-hybridized carbons (Fsp3) is 0.200. The summed E-state index contributed by atoms with van der Waals surface area (Å²) in [4.78, 5) is 0. The monoisotopic (exact) mass is 372 g/mol. The average Bonchev–Trinajstić information content (AvgIpc) is 2.41. The van der Waals surface area contributed by atoms with Gasteiger partial charge in [0.1, 0.15) is 0 Å². The minimum Gasteiger partial charge on any atom is -0.271 e. The van der Waals surface area contributed by atoms with Crippen LogP contribution in [-0.4, -0.2) is 0 Å². The summed E-state index contributed by atoms with van der Waals surface area (Å²) in [5, 5.41) is 1.43. The highest BCUT2D eigenvalue weighted by molar-refractivity contribution is 9.10. The van der Waals surface area contributed by atoms with Gasteiger partial charge in [-0.15, -0.1) is 0 Å². The Morgan fingerprint density at radius 1 is 1.20 bits per heavy atom. The molecule has 2 nitrogen and oxygen atoms in total. The molecule has 2 rings (SSSR count). The molecular formula is C15H15BrCl2N2. The Morgan fingerprint density at radius 2 is 1.95 bits per heavy atom. The molecule has 20 heavy (non-hydrogen) atoms. The lowest BCUT2D eigenvalue weighted by Crippen LogP contribution is -2.30. The molecule has 2 aromatic carbocycles. The lowest BCUT2D eigenvalue weighted by atomic mass is 9.98. The van der Waals surface area contributed by atoms with E-state index in [9.17, 15) is 0 Å². The van der Waals surface area contributed by atoms with Crippen LogP contribution in [0.1, 0.15) is 22.7 Å². The summed E-state index contributed by atoms with van der Waals surface area (Å²) in [6.45, 7) is 2.02. The van der Waals surface area contributed by atoms with Gasteiger partial charge in [0.15, 0.2) is 0 Å². The fourth-order valence-corrected chi connectivity index (χ4v) is 3.09. The number of halogens is 3. The number of aryl methyl sites for hydroxylation is 1. The fourth-order valence-electron chi connectivity index (χ4n) is 2.08. The molecule has 0 radical (unpaired) electrons. The molecule has 0 aromatic heterocycles. The Hall–Kier alpha value is -0.580. The van der Waals surface area contributed by atoms with Gasteiger partial charge in [0.05, 0.1) is 6.04 Å². The molecule has 0 aliphatic carbocycles. The van der Waals surface area contributed by atoms with Crippen molar-refractivity contribution in [1.29, 1.82) is 0 Å². The summed E-state index contributed by atoms with van der Waals surface area (Å²) in [7, 11) is 0. The molecule has 106 valence electrons. The van der Waals surface area contributed by atoms with Gasteiger partial charge in [0.2, 0.25) is 0 Å². The van der Waals surface area contributed by atoms with E-state index in [2.05, 4.69) is 21.4 Å². The summed E-state index contributed by atoms with van der Waals surface area (Å²) >= 11 is 15.9. The first-order chi connectivity index (χ1) is 9.51. The topological polar surface area (TPSA) is 38.0 Å². The number of benzene rings is 2. The normalized spacial score (nSPS) is 12.4. The van der Waals surface area contributed by atoms with E-state index < -0.39 is 0 Å². The van der Waals surface area contributed by atoms with Gasteiger partial charge in [-0.25, -0.2) is 0 Å². The molecule has 0 aliphatic heterocycles. The van der Waals surface area contributed by atoms with Crippen LogP contribution in [0.2, 0.25) is 10.0 Å². The zero-order valence-corrected chi connectivity index (χ0v) is 14.1. The van der Waals surface area contributed by atoms with Crippen molar-refractivity contribution >= 4 is 39.1 Å². The maximum atomic E-state index is 6.28. The van der Waals surface area contributed by atoms with Crippen LogP contribution in [0.15, 0.2) is 40.9 Å². The molecule has 0 heterocycles. The van der Waals surface area contributed by atoms with Crippen molar-refractivity contribution in [3.63, 3.8) is 0 Å². The Morgan fingerprint density at radius 3 is 2.60 bits per heavy atom. The van der Waals surface area contributed by atoms with E-state index in [1.54, 1.807) is 0 Å². The van der Waals surface area contributed by atoms with Gasteiger partial charge in [0, 0.05) is 14.5 Å². The second kappa shape index (κ2) is 6.92. The van der Waals surface area contributed by atoms with Crippen LogP contribution in [0, 0.1) is 6.92 Å². The van der Waals surface area contributed by atoms with E-state index in [-0.39, 0.29) is 6.04 Å². The van der Waals surface area contributed by atoms with Gasteiger partial charge in [-0.2, -0.15) is 0 Å². The van der Waals surface area contributed by atoms with Crippen molar-refractivity contribution in [3.05, 3.63) is 67.6 Å². The highest BCUT2D eigenvalue weighted by Gasteiger charge is 2.16. The summed E-state index contributed by atoms with van der Waals surface area (Å²) in [6, 6.07) is 11.6. The Labute approximate surface area is 137 Å². The molecule has 0 saturated carbocycles. The quantitative estimate of drug-likeness (QED) is 0.596. The van der Waals surface area contributed by atoms with Crippen molar-refractivity contribution in [2.45, 2.75) is 19.4 Å². The zero-order chi connectivity index (χ0) is 14.7. The molecule has 0 fully saturated rings. The van der Waals surface area contributed by atoms with Crippen molar-refractivity contribution < 1.29 is 0 Å². The number of nitrogens with two attached hydrogens (primary N) is 1. The minimum atomic E-state index is -0.0664. The van der Waals surface area contributed by atoms with Crippen molar-refractivity contribution in [3.8, 4) is 0 Å². The Kier molecular flexibility index (Phi) is 5.47. The summed E-state index contributed by atoms with van der Waals surface area (Å²) in [5.41, 5.74) is 6.03. The molecule has 0 aliphatic rings. The number of rotatable bonds is 4. The third-order valence-electron chi connectivity index (χ3n) is 3.17. The largest absolute Gasteiger partial charge is 0.271 e. The highest BCUT2D eigenvalue weighted by Crippen LogP contribution is 2.30. The smallest absolute Gasteiger partial charge is 0.0512 e. The second-order valence-corrected chi connectivity index (χ2v) is 6.38. The van der Waals surface area contributed by atoms with E-state index in [4.69, 9.17) is 29.0 Å². The predicted octanol–water partition coefficient (Wildman–Crippen LogP) is 4.81. The molecule has 0 spiro atoms. The first kappa shape index (κ1) is 15.8. The van der Waals surface area contributed by atoms with Crippen LogP contribution in [0.5, 0.6) is 0 Å². The average molecular weight is 374 g/mol. The standard InChI is InChI=1S/C15H15BrCl2N2/c1-9-2-3-10(14(18)6-9)7-15(20-19)12-8-11(17)4-5-13(12)16/h2-6,8,15,20H,7,19H2,1H3. The van der Waals surface area contributed by atoms with Crippen LogP contribution < -0.4 is 11.3 Å².